The molecule has 0 fully saturated rings. The third-order valence-electron chi connectivity index (χ3n) is 3.85. The molecule has 0 saturated heterocycles. The number of rotatable bonds is 7. The molecule has 2 amide bonds. The van der Waals surface area contributed by atoms with Gasteiger partial charge >= 0.3 is 0 Å². The van der Waals surface area contributed by atoms with Crippen LogP contribution in [-0.2, 0) is 11.8 Å². The standard InChI is InChI=1S/C19H20N6O2S/c1-24-13-20-22-19(24)28-12-17(26)21-15-10-8-14(9-11-15)18(27)23-25(2)16-6-4-3-5-7-16/h3-11,13H,12H2,1-2H3,(H,21,26)(H,23,27). The summed E-state index contributed by atoms with van der Waals surface area (Å²) >= 11 is 1.30. The number of carbonyl (C=O) groups is 2. The molecule has 28 heavy (non-hydrogen) atoms. The molecule has 0 aliphatic carbocycles. The second kappa shape index (κ2) is 9.05. The number of aryl methyl sites for hydroxylation is 1. The molecule has 0 aliphatic heterocycles. The number of nitrogens with one attached hydrogen (secondary N) is 2. The lowest BCUT2D eigenvalue weighted by atomic mass is 10.2. The summed E-state index contributed by atoms with van der Waals surface area (Å²) in [6, 6.07) is 16.2. The molecule has 3 aromatic rings. The maximum absolute atomic E-state index is 12.4. The number of amides is 2. The van der Waals surface area contributed by atoms with Crippen molar-refractivity contribution < 1.29 is 9.59 Å². The van der Waals surface area contributed by atoms with E-state index in [1.54, 1.807) is 47.2 Å². The number of para-hydroxylation sites is 1. The molecule has 0 atom stereocenters. The highest BCUT2D eigenvalue weighted by atomic mass is 32.2. The van der Waals surface area contributed by atoms with Gasteiger partial charge in [0.1, 0.15) is 6.33 Å². The van der Waals surface area contributed by atoms with Gasteiger partial charge in [0.05, 0.1) is 11.4 Å². The summed E-state index contributed by atoms with van der Waals surface area (Å²) < 4.78 is 1.75. The van der Waals surface area contributed by atoms with Crippen molar-refractivity contribution in [1.82, 2.24) is 20.2 Å². The van der Waals surface area contributed by atoms with E-state index in [-0.39, 0.29) is 17.6 Å². The molecule has 8 nitrogen and oxygen atoms in total. The Morgan fingerprint density at radius 1 is 1.11 bits per heavy atom. The number of aromatic nitrogens is 3. The predicted octanol–water partition coefficient (Wildman–Crippen LogP) is 2.33. The van der Waals surface area contributed by atoms with Crippen molar-refractivity contribution in [3.8, 4) is 0 Å². The molecule has 1 heterocycles. The second-order valence-electron chi connectivity index (χ2n) is 5.97. The summed E-state index contributed by atoms with van der Waals surface area (Å²) in [6.45, 7) is 0. The lowest BCUT2D eigenvalue weighted by Gasteiger charge is -2.20. The van der Waals surface area contributed by atoms with E-state index < -0.39 is 0 Å². The number of nitrogens with zero attached hydrogens (tertiary/aromatic N) is 4. The normalized spacial score (nSPS) is 10.4. The Morgan fingerprint density at radius 2 is 1.82 bits per heavy atom. The predicted molar refractivity (Wildman–Crippen MR) is 109 cm³/mol. The van der Waals surface area contributed by atoms with Gasteiger partial charge in [-0.15, -0.1) is 10.2 Å². The smallest absolute Gasteiger partial charge is 0.269 e. The average Bonchev–Trinajstić information content (AvgIpc) is 3.12. The van der Waals surface area contributed by atoms with Gasteiger partial charge in [-0.3, -0.25) is 20.0 Å². The van der Waals surface area contributed by atoms with Crippen molar-refractivity contribution in [1.29, 1.82) is 0 Å². The van der Waals surface area contributed by atoms with E-state index in [0.717, 1.165) is 5.69 Å². The van der Waals surface area contributed by atoms with Crippen LogP contribution in [0, 0.1) is 0 Å². The third kappa shape index (κ3) is 5.10. The molecule has 0 bridgehead atoms. The first-order valence-electron chi connectivity index (χ1n) is 8.49. The zero-order valence-corrected chi connectivity index (χ0v) is 16.3. The summed E-state index contributed by atoms with van der Waals surface area (Å²) in [7, 11) is 3.59. The molecule has 0 unspecified atom stereocenters. The SMILES string of the molecule is CN(NC(=O)c1ccc(NC(=O)CSc2nncn2C)cc1)c1ccccc1. The Kier molecular flexibility index (Phi) is 6.28. The number of hydrogen-bond donors (Lipinski definition) is 2. The van der Waals surface area contributed by atoms with Crippen LogP contribution in [0.2, 0.25) is 0 Å². The Balaban J connectivity index is 1.52. The van der Waals surface area contributed by atoms with Crippen LogP contribution in [0.3, 0.4) is 0 Å². The highest BCUT2D eigenvalue weighted by molar-refractivity contribution is 7.99. The van der Waals surface area contributed by atoms with Crippen LogP contribution in [0.15, 0.2) is 66.1 Å². The van der Waals surface area contributed by atoms with Gasteiger partial charge in [0.15, 0.2) is 5.16 Å². The molecular weight excluding hydrogens is 376 g/mol. The average molecular weight is 396 g/mol. The van der Waals surface area contributed by atoms with Crippen LogP contribution in [0.5, 0.6) is 0 Å². The third-order valence-corrected chi connectivity index (χ3v) is 4.88. The fourth-order valence-corrected chi connectivity index (χ4v) is 3.06. The number of carbonyl (C=O) groups excluding carboxylic acids is 2. The molecule has 0 spiro atoms. The molecule has 144 valence electrons. The van der Waals surface area contributed by atoms with Crippen molar-refractivity contribution in [3.63, 3.8) is 0 Å². The molecule has 0 saturated carbocycles. The molecule has 0 aliphatic rings. The van der Waals surface area contributed by atoms with E-state index in [1.807, 2.05) is 37.4 Å². The Bertz CT molecular complexity index is 943. The lowest BCUT2D eigenvalue weighted by molar-refractivity contribution is -0.113. The minimum atomic E-state index is -0.234. The first kappa shape index (κ1) is 19.4. The Morgan fingerprint density at radius 3 is 2.46 bits per heavy atom. The van der Waals surface area contributed by atoms with Crippen LogP contribution in [0.4, 0.5) is 11.4 Å². The first-order chi connectivity index (χ1) is 13.5. The van der Waals surface area contributed by atoms with Crippen molar-refractivity contribution in [2.45, 2.75) is 5.16 Å². The van der Waals surface area contributed by atoms with Gasteiger partial charge in [0.2, 0.25) is 5.91 Å². The topological polar surface area (TPSA) is 92.2 Å². The number of hydrazine groups is 1. The quantitative estimate of drug-likeness (QED) is 0.470. The number of thioether (sulfide) groups is 1. The summed E-state index contributed by atoms with van der Waals surface area (Å²) in [4.78, 5) is 24.4. The van der Waals surface area contributed by atoms with Crippen molar-refractivity contribution in [3.05, 3.63) is 66.5 Å². The maximum Gasteiger partial charge on any atom is 0.269 e. The first-order valence-corrected chi connectivity index (χ1v) is 9.48. The minimum Gasteiger partial charge on any atom is -0.325 e. The highest BCUT2D eigenvalue weighted by Crippen LogP contribution is 2.15. The van der Waals surface area contributed by atoms with Crippen LogP contribution >= 0.6 is 11.8 Å². The minimum absolute atomic E-state index is 0.158. The summed E-state index contributed by atoms with van der Waals surface area (Å²) in [5, 5.41) is 12.8. The van der Waals surface area contributed by atoms with E-state index in [9.17, 15) is 9.59 Å². The van der Waals surface area contributed by atoms with E-state index in [4.69, 9.17) is 0 Å². The molecule has 9 heteroatoms. The van der Waals surface area contributed by atoms with Gasteiger partial charge < -0.3 is 9.88 Å². The summed E-state index contributed by atoms with van der Waals surface area (Å²) in [5.41, 5.74) is 4.79. The molecule has 2 aromatic carbocycles. The monoisotopic (exact) mass is 396 g/mol. The fourth-order valence-electron chi connectivity index (χ4n) is 2.37. The van der Waals surface area contributed by atoms with Crippen LogP contribution in [0.25, 0.3) is 0 Å². The lowest BCUT2D eigenvalue weighted by Crippen LogP contribution is -2.39. The summed E-state index contributed by atoms with van der Waals surface area (Å²) in [5.74, 6) is -0.174. The van der Waals surface area contributed by atoms with Gasteiger partial charge in [0, 0.05) is 25.3 Å². The zero-order chi connectivity index (χ0) is 19.9. The molecule has 3 rings (SSSR count). The van der Waals surface area contributed by atoms with E-state index in [2.05, 4.69) is 20.9 Å². The number of anilines is 2. The molecule has 1 aromatic heterocycles. The van der Waals surface area contributed by atoms with Gasteiger partial charge in [0.25, 0.3) is 5.91 Å². The number of hydrogen-bond acceptors (Lipinski definition) is 6. The van der Waals surface area contributed by atoms with E-state index in [0.29, 0.717) is 16.4 Å². The molecular formula is C19H20N6O2S. The van der Waals surface area contributed by atoms with Crippen molar-refractivity contribution >= 4 is 35.0 Å². The molecule has 0 radical (unpaired) electrons. The van der Waals surface area contributed by atoms with Crippen molar-refractivity contribution in [2.24, 2.45) is 7.05 Å². The van der Waals surface area contributed by atoms with Gasteiger partial charge in [-0.25, -0.2) is 0 Å². The van der Waals surface area contributed by atoms with Gasteiger partial charge in [-0.05, 0) is 36.4 Å². The van der Waals surface area contributed by atoms with Crippen molar-refractivity contribution in [2.75, 3.05) is 23.1 Å². The van der Waals surface area contributed by atoms with Crippen LogP contribution in [-0.4, -0.2) is 39.4 Å². The zero-order valence-electron chi connectivity index (χ0n) is 15.5. The van der Waals surface area contributed by atoms with Crippen LogP contribution < -0.4 is 15.8 Å². The second-order valence-corrected chi connectivity index (χ2v) is 6.92. The maximum atomic E-state index is 12.4. The summed E-state index contributed by atoms with van der Waals surface area (Å²) in [6.07, 6.45) is 1.58. The fraction of sp³-hybridized carbons (Fsp3) is 0.158. The van der Waals surface area contributed by atoms with Crippen LogP contribution in [0.1, 0.15) is 10.4 Å². The highest BCUT2D eigenvalue weighted by Gasteiger charge is 2.10. The van der Waals surface area contributed by atoms with E-state index >= 15 is 0 Å². The largest absolute Gasteiger partial charge is 0.325 e. The number of benzene rings is 2. The van der Waals surface area contributed by atoms with E-state index in [1.165, 1.54) is 11.8 Å². The Hall–Kier alpha value is -3.33. The van der Waals surface area contributed by atoms with Gasteiger partial charge in [-0.2, -0.15) is 0 Å². The molecule has 2 N–H and O–H groups in total. The Labute approximate surface area is 166 Å². The van der Waals surface area contributed by atoms with Gasteiger partial charge in [-0.1, -0.05) is 30.0 Å².